The number of hydrogen-bond donors (Lipinski definition) is 1. The first-order chi connectivity index (χ1) is 9.88. The third kappa shape index (κ3) is 3.34. The minimum atomic E-state index is -1.29. The molecule has 0 fully saturated rings. The van der Waals surface area contributed by atoms with Crippen LogP contribution in [0.3, 0.4) is 0 Å². The third-order valence-corrected chi connectivity index (χ3v) is 3.17. The van der Waals surface area contributed by atoms with Crippen molar-refractivity contribution in [1.82, 2.24) is 0 Å². The Bertz CT molecular complexity index is 734. The molecule has 0 unspecified atom stereocenters. The van der Waals surface area contributed by atoms with E-state index in [2.05, 4.69) is 15.9 Å². The largest absolute Gasteiger partial charge is 0.478 e. The number of benzene rings is 2. The Morgan fingerprint density at radius 1 is 1.24 bits per heavy atom. The van der Waals surface area contributed by atoms with Gasteiger partial charge in [-0.1, -0.05) is 0 Å². The Hall–Kier alpha value is -2.48. The van der Waals surface area contributed by atoms with Gasteiger partial charge in [0.05, 0.1) is 15.0 Å². The van der Waals surface area contributed by atoms with Crippen molar-refractivity contribution in [2.45, 2.75) is 0 Å². The normalized spacial score (nSPS) is 10.2. The van der Waals surface area contributed by atoms with Crippen LogP contribution in [0.2, 0.25) is 0 Å². The molecule has 0 spiro atoms. The van der Waals surface area contributed by atoms with Gasteiger partial charge in [-0.3, -0.25) is 10.1 Å². The summed E-state index contributed by atoms with van der Waals surface area (Å²) in [5.74, 6) is -2.01. The molecule has 2 aromatic rings. The van der Waals surface area contributed by atoms with Crippen molar-refractivity contribution in [3.8, 4) is 11.5 Å². The van der Waals surface area contributed by atoms with Gasteiger partial charge in [0.2, 0.25) is 5.75 Å². The Kier molecular flexibility index (Phi) is 4.18. The first-order valence-electron chi connectivity index (χ1n) is 5.53. The molecule has 0 heterocycles. The van der Waals surface area contributed by atoms with Crippen LogP contribution in [0.4, 0.5) is 10.1 Å². The van der Waals surface area contributed by atoms with Gasteiger partial charge in [-0.05, 0) is 40.2 Å². The van der Waals surface area contributed by atoms with Crippen molar-refractivity contribution in [2.75, 3.05) is 0 Å². The Balaban J connectivity index is 2.46. The predicted octanol–water partition coefficient (Wildman–Crippen LogP) is 3.99. The monoisotopic (exact) mass is 355 g/mol. The molecule has 1 N–H and O–H groups in total. The van der Waals surface area contributed by atoms with Crippen molar-refractivity contribution in [2.24, 2.45) is 0 Å². The van der Waals surface area contributed by atoms with Crippen LogP contribution in [-0.2, 0) is 0 Å². The van der Waals surface area contributed by atoms with Gasteiger partial charge >= 0.3 is 11.7 Å². The molecule has 0 atom stereocenters. The number of nitro benzene ring substituents is 1. The van der Waals surface area contributed by atoms with Crippen molar-refractivity contribution in [1.29, 1.82) is 0 Å². The lowest BCUT2D eigenvalue weighted by Crippen LogP contribution is -2.00. The van der Waals surface area contributed by atoms with E-state index in [1.54, 1.807) is 0 Å². The van der Waals surface area contributed by atoms with Gasteiger partial charge in [-0.2, -0.15) is 0 Å². The van der Waals surface area contributed by atoms with Crippen LogP contribution in [0.15, 0.2) is 40.9 Å². The highest BCUT2D eigenvalue weighted by atomic mass is 79.9. The maximum absolute atomic E-state index is 13.2. The van der Waals surface area contributed by atoms with Crippen molar-refractivity contribution < 1.29 is 24.0 Å². The fourth-order valence-electron chi connectivity index (χ4n) is 1.55. The van der Waals surface area contributed by atoms with Gasteiger partial charge in [0.25, 0.3) is 0 Å². The van der Waals surface area contributed by atoms with Gasteiger partial charge < -0.3 is 9.84 Å². The zero-order valence-corrected chi connectivity index (χ0v) is 11.8. The van der Waals surface area contributed by atoms with E-state index in [0.717, 1.165) is 24.3 Å². The molecule has 0 aliphatic heterocycles. The van der Waals surface area contributed by atoms with E-state index in [9.17, 15) is 19.3 Å². The summed E-state index contributed by atoms with van der Waals surface area (Å²) in [6, 6.07) is 6.83. The van der Waals surface area contributed by atoms with Gasteiger partial charge in [0, 0.05) is 12.1 Å². The highest BCUT2D eigenvalue weighted by Crippen LogP contribution is 2.35. The number of rotatable bonds is 4. The molecule has 0 radical (unpaired) electrons. The van der Waals surface area contributed by atoms with E-state index >= 15 is 0 Å². The SMILES string of the molecule is O=C(O)c1ccc(Oc2cc(F)ccc2Br)c([N+](=O)[O-])c1. The second-order valence-electron chi connectivity index (χ2n) is 3.92. The fraction of sp³-hybridized carbons (Fsp3) is 0. The summed E-state index contributed by atoms with van der Waals surface area (Å²) in [4.78, 5) is 21.0. The zero-order valence-electron chi connectivity index (χ0n) is 10.2. The van der Waals surface area contributed by atoms with Gasteiger partial charge in [0.15, 0.2) is 0 Å². The molecular weight excluding hydrogens is 349 g/mol. The number of carbonyl (C=O) groups is 1. The Morgan fingerprint density at radius 2 is 1.95 bits per heavy atom. The second kappa shape index (κ2) is 5.88. The molecule has 0 aromatic heterocycles. The average Bonchev–Trinajstić information content (AvgIpc) is 2.42. The van der Waals surface area contributed by atoms with E-state index < -0.39 is 22.4 Å². The molecule has 0 aliphatic rings. The van der Waals surface area contributed by atoms with Crippen LogP contribution in [-0.4, -0.2) is 16.0 Å². The summed E-state index contributed by atoms with van der Waals surface area (Å²) >= 11 is 3.13. The standard InChI is InChI=1S/C13H7BrFNO5/c14-9-3-2-8(15)6-12(9)21-11-4-1-7(13(17)18)5-10(11)16(19)20/h1-6H,(H,17,18). The highest BCUT2D eigenvalue weighted by Gasteiger charge is 2.20. The van der Waals surface area contributed by atoms with E-state index in [-0.39, 0.29) is 17.1 Å². The summed E-state index contributed by atoms with van der Waals surface area (Å²) in [5.41, 5.74) is -0.765. The summed E-state index contributed by atoms with van der Waals surface area (Å²) in [7, 11) is 0. The van der Waals surface area contributed by atoms with Crippen molar-refractivity contribution >= 4 is 27.6 Å². The number of carboxylic acids is 1. The molecule has 8 heteroatoms. The van der Waals surface area contributed by atoms with Gasteiger partial charge in [0.1, 0.15) is 11.6 Å². The van der Waals surface area contributed by atoms with Gasteiger partial charge in [-0.25, -0.2) is 9.18 Å². The topological polar surface area (TPSA) is 89.7 Å². The fourth-order valence-corrected chi connectivity index (χ4v) is 1.88. The molecule has 0 saturated carbocycles. The molecular formula is C13H7BrFNO5. The van der Waals surface area contributed by atoms with Crippen LogP contribution in [0, 0.1) is 15.9 Å². The number of aromatic carboxylic acids is 1. The van der Waals surface area contributed by atoms with Crippen LogP contribution in [0.25, 0.3) is 0 Å². The Labute approximate surface area is 126 Å². The number of ether oxygens (including phenoxy) is 1. The maximum Gasteiger partial charge on any atom is 0.335 e. The highest BCUT2D eigenvalue weighted by molar-refractivity contribution is 9.10. The molecule has 6 nitrogen and oxygen atoms in total. The van der Waals surface area contributed by atoms with E-state index in [1.165, 1.54) is 12.1 Å². The van der Waals surface area contributed by atoms with E-state index in [1.807, 2.05) is 0 Å². The third-order valence-electron chi connectivity index (χ3n) is 2.52. The van der Waals surface area contributed by atoms with E-state index in [4.69, 9.17) is 9.84 Å². The lowest BCUT2D eigenvalue weighted by molar-refractivity contribution is -0.385. The minimum absolute atomic E-state index is 0.0428. The lowest BCUT2D eigenvalue weighted by Gasteiger charge is -2.08. The van der Waals surface area contributed by atoms with Crippen LogP contribution >= 0.6 is 15.9 Å². The average molecular weight is 356 g/mol. The predicted molar refractivity (Wildman–Crippen MR) is 74.2 cm³/mol. The van der Waals surface area contributed by atoms with Gasteiger partial charge in [-0.15, -0.1) is 0 Å². The lowest BCUT2D eigenvalue weighted by atomic mass is 10.2. The molecule has 0 bridgehead atoms. The molecule has 2 aromatic carbocycles. The summed E-state index contributed by atoms with van der Waals surface area (Å²) in [5, 5.41) is 19.8. The molecule has 2 rings (SSSR count). The molecule has 21 heavy (non-hydrogen) atoms. The molecule has 0 saturated heterocycles. The molecule has 0 amide bonds. The first kappa shape index (κ1) is 14.9. The number of nitrogens with zero attached hydrogens (tertiary/aromatic N) is 1. The smallest absolute Gasteiger partial charge is 0.335 e. The number of nitro groups is 1. The Morgan fingerprint density at radius 3 is 2.57 bits per heavy atom. The van der Waals surface area contributed by atoms with Crippen LogP contribution in [0.5, 0.6) is 11.5 Å². The second-order valence-corrected chi connectivity index (χ2v) is 4.78. The maximum atomic E-state index is 13.2. The van der Waals surface area contributed by atoms with Crippen LogP contribution in [0.1, 0.15) is 10.4 Å². The summed E-state index contributed by atoms with van der Waals surface area (Å²) in [6.07, 6.45) is 0. The van der Waals surface area contributed by atoms with Crippen molar-refractivity contribution in [3.05, 3.63) is 62.4 Å². The van der Waals surface area contributed by atoms with E-state index in [0.29, 0.717) is 4.47 Å². The number of carboxylic acid groups (broad SMARTS) is 1. The number of halogens is 2. The van der Waals surface area contributed by atoms with Crippen molar-refractivity contribution in [3.63, 3.8) is 0 Å². The summed E-state index contributed by atoms with van der Waals surface area (Å²) in [6.45, 7) is 0. The molecule has 108 valence electrons. The zero-order chi connectivity index (χ0) is 15.6. The first-order valence-corrected chi connectivity index (χ1v) is 6.32. The number of hydrogen-bond acceptors (Lipinski definition) is 4. The molecule has 0 aliphatic carbocycles. The van der Waals surface area contributed by atoms with Crippen LogP contribution < -0.4 is 4.74 Å². The minimum Gasteiger partial charge on any atom is -0.478 e. The quantitative estimate of drug-likeness (QED) is 0.661. The summed E-state index contributed by atoms with van der Waals surface area (Å²) < 4.78 is 18.9.